The van der Waals surface area contributed by atoms with Crippen LogP contribution in [-0.4, -0.2) is 27.1 Å². The highest BCUT2D eigenvalue weighted by molar-refractivity contribution is 6.25. The highest BCUT2D eigenvalue weighted by atomic mass is 16.2. The number of hydrogen-bond donors (Lipinski definition) is 0. The van der Waals surface area contributed by atoms with Crippen molar-refractivity contribution in [3.63, 3.8) is 0 Å². The molecular formula is C19H18N2O4. The van der Waals surface area contributed by atoms with Crippen LogP contribution in [0.3, 0.4) is 0 Å². The first-order valence-corrected chi connectivity index (χ1v) is 8.17. The van der Waals surface area contributed by atoms with Crippen molar-refractivity contribution in [2.24, 2.45) is 5.92 Å². The van der Waals surface area contributed by atoms with Crippen LogP contribution < -0.4 is 5.56 Å². The Kier molecular flexibility index (Phi) is 4.44. The molecule has 0 bridgehead atoms. The number of rotatable bonds is 3. The van der Waals surface area contributed by atoms with Gasteiger partial charge < -0.3 is 0 Å². The van der Waals surface area contributed by atoms with Gasteiger partial charge in [0.25, 0.3) is 5.56 Å². The third-order valence-electron chi connectivity index (χ3n) is 4.40. The number of aryl methyl sites for hydroxylation is 2. The Morgan fingerprint density at radius 2 is 1.72 bits per heavy atom. The van der Waals surface area contributed by atoms with Gasteiger partial charge in [0, 0.05) is 12.8 Å². The third-order valence-corrected chi connectivity index (χ3v) is 4.40. The van der Waals surface area contributed by atoms with Crippen LogP contribution in [0.1, 0.15) is 40.9 Å². The Morgan fingerprint density at radius 1 is 1.08 bits per heavy atom. The Balaban J connectivity index is 2.14. The molecule has 0 atom stereocenters. The second kappa shape index (κ2) is 6.55. The standard InChI is InChI=1S/C19H18N2O4/c1-11-6-3-4-7-14(11)21-19(25)13(10-12(2)20-21)18(24)17-15(22)8-5-9-16(17)23/h3-4,6-7,10,17H,5,8-9H2,1-2H3. The Morgan fingerprint density at radius 3 is 2.36 bits per heavy atom. The molecule has 0 spiro atoms. The summed E-state index contributed by atoms with van der Waals surface area (Å²) in [6.07, 6.45) is 0.848. The Labute approximate surface area is 144 Å². The molecule has 0 radical (unpaired) electrons. The first kappa shape index (κ1) is 17.0. The zero-order chi connectivity index (χ0) is 18.1. The molecule has 1 aliphatic rings. The smallest absolute Gasteiger partial charge is 0.282 e. The SMILES string of the molecule is Cc1cc(C(=O)C2C(=O)CCCC2=O)c(=O)n(-c2ccccc2C)n1. The predicted molar refractivity (Wildman–Crippen MR) is 91.0 cm³/mol. The molecule has 0 aliphatic heterocycles. The van der Waals surface area contributed by atoms with Crippen molar-refractivity contribution in [3.8, 4) is 5.69 Å². The topological polar surface area (TPSA) is 86.1 Å². The molecule has 3 rings (SSSR count). The lowest BCUT2D eigenvalue weighted by Crippen LogP contribution is -2.39. The second-order valence-corrected chi connectivity index (χ2v) is 6.29. The molecule has 0 N–H and O–H groups in total. The van der Waals surface area contributed by atoms with Crippen LogP contribution in [0, 0.1) is 19.8 Å². The van der Waals surface area contributed by atoms with E-state index in [1.165, 1.54) is 6.07 Å². The number of ketones is 3. The molecule has 25 heavy (non-hydrogen) atoms. The van der Waals surface area contributed by atoms with E-state index < -0.39 is 28.8 Å². The average Bonchev–Trinajstić information content (AvgIpc) is 2.57. The summed E-state index contributed by atoms with van der Waals surface area (Å²) >= 11 is 0. The fourth-order valence-corrected chi connectivity index (χ4v) is 3.11. The van der Waals surface area contributed by atoms with Crippen molar-refractivity contribution in [1.29, 1.82) is 0 Å². The molecule has 1 fully saturated rings. The second-order valence-electron chi connectivity index (χ2n) is 6.29. The maximum atomic E-state index is 12.8. The van der Waals surface area contributed by atoms with E-state index >= 15 is 0 Å². The molecule has 6 nitrogen and oxygen atoms in total. The lowest BCUT2D eigenvalue weighted by atomic mass is 9.82. The number of nitrogens with zero attached hydrogens (tertiary/aromatic N) is 2. The minimum atomic E-state index is -1.35. The van der Waals surface area contributed by atoms with Crippen molar-refractivity contribution < 1.29 is 14.4 Å². The number of carbonyl (C=O) groups is 3. The minimum absolute atomic E-state index is 0.163. The fourth-order valence-electron chi connectivity index (χ4n) is 3.11. The van der Waals surface area contributed by atoms with Gasteiger partial charge in [-0.1, -0.05) is 18.2 Å². The van der Waals surface area contributed by atoms with Gasteiger partial charge in [0.05, 0.1) is 16.9 Å². The van der Waals surface area contributed by atoms with Crippen LogP contribution in [0.5, 0.6) is 0 Å². The molecule has 128 valence electrons. The summed E-state index contributed by atoms with van der Waals surface area (Å²) in [5.41, 5.74) is 1.07. The molecule has 0 amide bonds. The highest BCUT2D eigenvalue weighted by Crippen LogP contribution is 2.21. The van der Waals surface area contributed by atoms with Crippen LogP contribution in [0.25, 0.3) is 5.69 Å². The lowest BCUT2D eigenvalue weighted by Gasteiger charge is -2.18. The minimum Gasteiger partial charge on any atom is -0.298 e. The predicted octanol–water partition coefficient (Wildman–Crippen LogP) is 1.97. The molecule has 1 aliphatic carbocycles. The zero-order valence-electron chi connectivity index (χ0n) is 14.1. The van der Waals surface area contributed by atoms with Crippen LogP contribution in [-0.2, 0) is 9.59 Å². The number of Topliss-reactive ketones (excluding diaryl/α,β-unsaturated/α-hetero) is 3. The van der Waals surface area contributed by atoms with Gasteiger partial charge in [0.1, 0.15) is 5.92 Å². The van der Waals surface area contributed by atoms with Gasteiger partial charge in [-0.2, -0.15) is 9.78 Å². The monoisotopic (exact) mass is 338 g/mol. The maximum absolute atomic E-state index is 12.8. The van der Waals surface area contributed by atoms with E-state index in [1.807, 2.05) is 19.1 Å². The summed E-state index contributed by atoms with van der Waals surface area (Å²) < 4.78 is 1.16. The Hall–Kier alpha value is -2.89. The lowest BCUT2D eigenvalue weighted by molar-refractivity contribution is -0.133. The van der Waals surface area contributed by atoms with E-state index in [2.05, 4.69) is 5.10 Å². The third kappa shape index (κ3) is 3.07. The van der Waals surface area contributed by atoms with Crippen molar-refractivity contribution >= 4 is 17.3 Å². The van der Waals surface area contributed by atoms with E-state index in [1.54, 1.807) is 19.1 Å². The first-order chi connectivity index (χ1) is 11.9. The van der Waals surface area contributed by atoms with Gasteiger partial charge in [-0.3, -0.25) is 19.2 Å². The fraction of sp³-hybridized carbons (Fsp3) is 0.316. The van der Waals surface area contributed by atoms with Gasteiger partial charge in [0.2, 0.25) is 0 Å². The molecule has 1 aromatic carbocycles. The summed E-state index contributed by atoms with van der Waals surface area (Å²) in [7, 11) is 0. The number of para-hydroxylation sites is 1. The van der Waals surface area contributed by atoms with Gasteiger partial charge in [0.15, 0.2) is 17.3 Å². The maximum Gasteiger partial charge on any atom is 0.282 e. The van der Waals surface area contributed by atoms with Crippen molar-refractivity contribution in [3.05, 3.63) is 57.5 Å². The number of benzene rings is 1. The summed E-state index contributed by atoms with van der Waals surface area (Å²) in [5.74, 6) is -2.88. The normalized spacial score (nSPS) is 15.4. The van der Waals surface area contributed by atoms with Crippen molar-refractivity contribution in [2.45, 2.75) is 33.1 Å². The molecule has 0 unspecified atom stereocenters. The molecule has 6 heteroatoms. The zero-order valence-corrected chi connectivity index (χ0v) is 14.1. The van der Waals surface area contributed by atoms with Crippen molar-refractivity contribution in [1.82, 2.24) is 9.78 Å². The average molecular weight is 338 g/mol. The molecule has 1 aromatic heterocycles. The number of aromatic nitrogens is 2. The number of hydrogen-bond acceptors (Lipinski definition) is 5. The van der Waals surface area contributed by atoms with Crippen LogP contribution in [0.4, 0.5) is 0 Å². The van der Waals surface area contributed by atoms with Crippen LogP contribution in [0.2, 0.25) is 0 Å². The van der Waals surface area contributed by atoms with Gasteiger partial charge in [-0.25, -0.2) is 0 Å². The summed E-state index contributed by atoms with van der Waals surface area (Å²) in [4.78, 5) is 49.7. The van der Waals surface area contributed by atoms with E-state index in [0.717, 1.165) is 10.2 Å². The number of carbonyl (C=O) groups excluding carboxylic acids is 3. The van der Waals surface area contributed by atoms with E-state index in [9.17, 15) is 19.2 Å². The molecular weight excluding hydrogens is 320 g/mol. The largest absolute Gasteiger partial charge is 0.298 e. The molecule has 1 heterocycles. The Bertz CT molecular complexity index is 927. The molecule has 1 saturated carbocycles. The highest BCUT2D eigenvalue weighted by Gasteiger charge is 2.37. The summed E-state index contributed by atoms with van der Waals surface area (Å²) in [5, 5.41) is 4.21. The van der Waals surface area contributed by atoms with Crippen LogP contribution in [0.15, 0.2) is 35.1 Å². The summed E-state index contributed by atoms with van der Waals surface area (Å²) in [6.45, 7) is 3.50. The molecule has 0 saturated heterocycles. The van der Waals surface area contributed by atoms with Crippen LogP contribution >= 0.6 is 0 Å². The van der Waals surface area contributed by atoms with E-state index in [4.69, 9.17) is 0 Å². The summed E-state index contributed by atoms with van der Waals surface area (Å²) in [6, 6.07) is 8.53. The van der Waals surface area contributed by atoms with Crippen molar-refractivity contribution in [2.75, 3.05) is 0 Å². The van der Waals surface area contributed by atoms with Gasteiger partial charge >= 0.3 is 0 Å². The quantitative estimate of drug-likeness (QED) is 0.631. The molecule has 2 aromatic rings. The van der Waals surface area contributed by atoms with Gasteiger partial charge in [-0.05, 0) is 38.0 Å². The van der Waals surface area contributed by atoms with E-state index in [0.29, 0.717) is 17.8 Å². The first-order valence-electron chi connectivity index (χ1n) is 8.17. The van der Waals surface area contributed by atoms with E-state index in [-0.39, 0.29) is 18.4 Å². The van der Waals surface area contributed by atoms with Gasteiger partial charge in [-0.15, -0.1) is 0 Å².